The van der Waals surface area contributed by atoms with Gasteiger partial charge < -0.3 is 9.80 Å². The average molecular weight is 541 g/mol. The molecule has 0 atom stereocenters. The number of aromatic nitrogens is 1. The minimum atomic E-state index is -3.31. The lowest BCUT2D eigenvalue weighted by molar-refractivity contribution is -0.132. The van der Waals surface area contributed by atoms with Crippen molar-refractivity contribution in [3.8, 4) is 11.1 Å². The summed E-state index contributed by atoms with van der Waals surface area (Å²) in [5.41, 5.74) is 5.64. The fraction of sp³-hybridized carbons (Fsp3) is 0.259. The van der Waals surface area contributed by atoms with E-state index in [-0.39, 0.29) is 23.7 Å². The number of halogens is 3. The Bertz CT molecular complexity index is 1330. The number of hydrogen-bond donors (Lipinski definition) is 2. The standard InChI is InChI=1S/C27H27F3N6O3/c1-34-11-13-35(14-12-34)27(39)36(22-4-2-3-19(15-22)18-7-9-31-10-8-18)17-21-6-5-20(16-23(21)28)25(37)32-33-26(38)24(29)30/h2-10,15-16,24H,11-14,17H2,1H3,(H,32,37)(H,33,38). The van der Waals surface area contributed by atoms with Crippen molar-refractivity contribution in [2.24, 2.45) is 0 Å². The molecule has 1 aromatic heterocycles. The van der Waals surface area contributed by atoms with Crippen molar-refractivity contribution < 1.29 is 27.6 Å². The van der Waals surface area contributed by atoms with Crippen LogP contribution in [0.4, 0.5) is 23.7 Å². The maximum atomic E-state index is 15.2. The van der Waals surface area contributed by atoms with Gasteiger partial charge in [0.2, 0.25) is 0 Å². The molecule has 39 heavy (non-hydrogen) atoms. The number of nitrogens with one attached hydrogen (secondary N) is 2. The van der Waals surface area contributed by atoms with Crippen LogP contribution in [0.5, 0.6) is 0 Å². The lowest BCUT2D eigenvalue weighted by Gasteiger charge is -2.36. The van der Waals surface area contributed by atoms with Crippen molar-refractivity contribution >= 4 is 23.5 Å². The Morgan fingerprint density at radius 2 is 1.67 bits per heavy atom. The van der Waals surface area contributed by atoms with Crippen molar-refractivity contribution in [2.75, 3.05) is 38.1 Å². The molecule has 1 aliphatic heterocycles. The van der Waals surface area contributed by atoms with E-state index in [9.17, 15) is 23.2 Å². The summed E-state index contributed by atoms with van der Waals surface area (Å²) in [5.74, 6) is -3.43. The molecule has 0 spiro atoms. The number of urea groups is 1. The van der Waals surface area contributed by atoms with Gasteiger partial charge in [0.05, 0.1) is 6.54 Å². The smallest absolute Gasteiger partial charge is 0.322 e. The van der Waals surface area contributed by atoms with E-state index in [4.69, 9.17) is 0 Å². The molecule has 0 bridgehead atoms. The van der Waals surface area contributed by atoms with Crippen molar-refractivity contribution in [3.63, 3.8) is 0 Å². The fourth-order valence-electron chi connectivity index (χ4n) is 4.07. The van der Waals surface area contributed by atoms with E-state index < -0.39 is 24.1 Å². The molecule has 1 saturated heterocycles. The third-order valence-electron chi connectivity index (χ3n) is 6.32. The molecule has 2 heterocycles. The Balaban J connectivity index is 1.60. The Hall–Kier alpha value is -4.45. The molecule has 1 fully saturated rings. The first kappa shape index (κ1) is 27.6. The van der Waals surface area contributed by atoms with Crippen LogP contribution in [0, 0.1) is 5.82 Å². The molecule has 2 aromatic carbocycles. The number of amides is 4. The Kier molecular flexibility index (Phi) is 8.77. The number of carbonyl (C=O) groups is 3. The van der Waals surface area contributed by atoms with Crippen molar-refractivity contribution in [1.29, 1.82) is 0 Å². The molecular weight excluding hydrogens is 513 g/mol. The summed E-state index contributed by atoms with van der Waals surface area (Å²) in [5, 5.41) is 0. The predicted octanol–water partition coefficient (Wildman–Crippen LogP) is 3.29. The number of nitrogens with zero attached hydrogens (tertiary/aromatic N) is 4. The van der Waals surface area contributed by atoms with E-state index >= 15 is 4.39 Å². The summed E-state index contributed by atoms with van der Waals surface area (Å²) >= 11 is 0. The number of pyridine rings is 1. The monoisotopic (exact) mass is 540 g/mol. The summed E-state index contributed by atoms with van der Waals surface area (Å²) in [4.78, 5) is 46.2. The van der Waals surface area contributed by atoms with Crippen LogP contribution in [0.1, 0.15) is 15.9 Å². The highest BCUT2D eigenvalue weighted by Gasteiger charge is 2.27. The first-order valence-corrected chi connectivity index (χ1v) is 12.1. The third-order valence-corrected chi connectivity index (χ3v) is 6.32. The van der Waals surface area contributed by atoms with E-state index in [1.54, 1.807) is 28.8 Å². The van der Waals surface area contributed by atoms with Crippen LogP contribution in [-0.2, 0) is 11.3 Å². The molecule has 9 nitrogen and oxygen atoms in total. The Morgan fingerprint density at radius 3 is 2.33 bits per heavy atom. The van der Waals surface area contributed by atoms with E-state index in [1.807, 2.05) is 42.8 Å². The van der Waals surface area contributed by atoms with Crippen LogP contribution in [0.2, 0.25) is 0 Å². The maximum absolute atomic E-state index is 15.2. The maximum Gasteiger partial charge on any atom is 0.324 e. The van der Waals surface area contributed by atoms with Gasteiger partial charge in [-0.25, -0.2) is 9.18 Å². The second-order valence-corrected chi connectivity index (χ2v) is 9.00. The van der Waals surface area contributed by atoms with Gasteiger partial charge in [-0.15, -0.1) is 0 Å². The number of anilines is 1. The molecule has 0 unspecified atom stereocenters. The van der Waals surface area contributed by atoms with Gasteiger partial charge in [-0.05, 0) is 54.6 Å². The topological polar surface area (TPSA) is 97.9 Å². The van der Waals surface area contributed by atoms with Crippen LogP contribution < -0.4 is 15.8 Å². The highest BCUT2D eigenvalue weighted by Crippen LogP contribution is 2.27. The van der Waals surface area contributed by atoms with E-state index in [1.165, 1.54) is 17.0 Å². The molecule has 204 valence electrons. The molecule has 4 rings (SSSR count). The summed E-state index contributed by atoms with van der Waals surface area (Å²) in [6.45, 7) is 2.32. The third kappa shape index (κ3) is 6.90. The summed E-state index contributed by atoms with van der Waals surface area (Å²) in [6.07, 6.45) is 0.0211. The molecule has 2 N–H and O–H groups in total. The number of hydrazine groups is 1. The molecule has 0 saturated carbocycles. The normalized spacial score (nSPS) is 13.7. The number of alkyl halides is 2. The summed E-state index contributed by atoms with van der Waals surface area (Å²) < 4.78 is 39.8. The zero-order valence-electron chi connectivity index (χ0n) is 21.1. The number of rotatable bonds is 6. The number of benzene rings is 2. The van der Waals surface area contributed by atoms with Gasteiger partial charge in [-0.1, -0.05) is 18.2 Å². The predicted molar refractivity (Wildman–Crippen MR) is 138 cm³/mol. The zero-order chi connectivity index (χ0) is 27.9. The summed E-state index contributed by atoms with van der Waals surface area (Å²) in [6, 6.07) is 14.3. The molecule has 0 radical (unpaired) electrons. The number of carbonyl (C=O) groups excluding carboxylic acids is 3. The second kappa shape index (κ2) is 12.4. The molecule has 0 aliphatic carbocycles. The van der Waals surface area contributed by atoms with Crippen LogP contribution in [0.3, 0.4) is 0 Å². The fourth-order valence-corrected chi connectivity index (χ4v) is 4.07. The molecule has 4 amide bonds. The molecule has 1 aliphatic rings. The Morgan fingerprint density at radius 1 is 0.949 bits per heavy atom. The first-order chi connectivity index (χ1) is 18.7. The van der Waals surface area contributed by atoms with Gasteiger partial charge in [0.15, 0.2) is 0 Å². The van der Waals surface area contributed by atoms with Crippen LogP contribution in [-0.4, -0.2) is 72.3 Å². The van der Waals surface area contributed by atoms with E-state index in [2.05, 4.69) is 9.88 Å². The molecule has 12 heteroatoms. The lowest BCUT2D eigenvalue weighted by atomic mass is 10.1. The average Bonchev–Trinajstić information content (AvgIpc) is 2.95. The largest absolute Gasteiger partial charge is 0.324 e. The van der Waals surface area contributed by atoms with Gasteiger partial charge in [0, 0.05) is 55.4 Å². The number of hydrogen-bond acceptors (Lipinski definition) is 5. The minimum Gasteiger partial charge on any atom is -0.322 e. The van der Waals surface area contributed by atoms with Gasteiger partial charge in [0.1, 0.15) is 5.82 Å². The highest BCUT2D eigenvalue weighted by atomic mass is 19.3. The SMILES string of the molecule is CN1CCN(C(=O)N(Cc2ccc(C(=O)NNC(=O)C(F)F)cc2F)c2cccc(-c3ccncc3)c2)CC1. The zero-order valence-corrected chi connectivity index (χ0v) is 21.1. The second-order valence-electron chi connectivity index (χ2n) is 9.00. The highest BCUT2D eigenvalue weighted by molar-refractivity contribution is 5.96. The van der Waals surface area contributed by atoms with Crippen molar-refractivity contribution in [1.82, 2.24) is 25.6 Å². The van der Waals surface area contributed by atoms with Gasteiger partial charge in [0.25, 0.3) is 5.91 Å². The number of piperazine rings is 1. The van der Waals surface area contributed by atoms with Gasteiger partial charge in [-0.2, -0.15) is 8.78 Å². The van der Waals surface area contributed by atoms with Crippen LogP contribution >= 0.6 is 0 Å². The van der Waals surface area contributed by atoms with Crippen LogP contribution in [0.15, 0.2) is 67.0 Å². The van der Waals surface area contributed by atoms with E-state index in [0.29, 0.717) is 31.9 Å². The van der Waals surface area contributed by atoms with Crippen LogP contribution in [0.25, 0.3) is 11.1 Å². The van der Waals surface area contributed by atoms with Gasteiger partial charge >= 0.3 is 18.4 Å². The number of likely N-dealkylation sites (N-methyl/N-ethyl adjacent to an activating group) is 1. The summed E-state index contributed by atoms with van der Waals surface area (Å²) in [7, 11) is 1.98. The quantitative estimate of drug-likeness (QED) is 0.468. The van der Waals surface area contributed by atoms with Crippen molar-refractivity contribution in [2.45, 2.75) is 13.0 Å². The van der Waals surface area contributed by atoms with Crippen molar-refractivity contribution in [3.05, 3.63) is 83.9 Å². The van der Waals surface area contributed by atoms with E-state index in [0.717, 1.165) is 17.2 Å². The lowest BCUT2D eigenvalue weighted by Crippen LogP contribution is -2.52. The Labute approximate surface area is 223 Å². The minimum absolute atomic E-state index is 0.124. The van der Waals surface area contributed by atoms with Gasteiger partial charge in [-0.3, -0.25) is 30.3 Å². The molecule has 3 aromatic rings. The molecular formula is C27H27F3N6O3. The first-order valence-electron chi connectivity index (χ1n) is 12.1.